The lowest BCUT2D eigenvalue weighted by Gasteiger charge is -2.14. The van der Waals surface area contributed by atoms with Gasteiger partial charge in [0, 0.05) is 11.6 Å². The quantitative estimate of drug-likeness (QED) is 0.483. The first-order valence-electron chi connectivity index (χ1n) is 8.89. The minimum absolute atomic E-state index is 0.0331. The van der Waals surface area contributed by atoms with Gasteiger partial charge in [0.1, 0.15) is 23.1 Å². The molecule has 4 aromatic rings. The molecular weight excluding hydrogens is 393 g/mol. The molecule has 0 fully saturated rings. The highest BCUT2D eigenvalue weighted by Crippen LogP contribution is 2.27. The first kappa shape index (κ1) is 19.3. The van der Waals surface area contributed by atoms with Crippen LogP contribution in [0.3, 0.4) is 0 Å². The molecule has 0 aliphatic carbocycles. The normalized spacial score (nSPS) is 11.8. The van der Waals surface area contributed by atoms with Gasteiger partial charge < -0.3 is 15.6 Å². The molecule has 3 aromatic carbocycles. The highest BCUT2D eigenvalue weighted by molar-refractivity contribution is 5.93. The molecule has 0 bridgehead atoms. The van der Waals surface area contributed by atoms with Crippen molar-refractivity contribution in [3.63, 3.8) is 0 Å². The fraction of sp³-hybridized carbons (Fsp3) is 0. The summed E-state index contributed by atoms with van der Waals surface area (Å²) in [6.45, 7) is 0. The van der Waals surface area contributed by atoms with Gasteiger partial charge in [0.25, 0.3) is 5.89 Å². The molecule has 0 atom stereocenters. The largest absolute Gasteiger partial charge is 0.393 e. The Bertz CT molecular complexity index is 1220. The number of nitrogens with one attached hydrogen (secondary N) is 1. The number of nitrogens with zero attached hydrogens (tertiary/aromatic N) is 2. The van der Waals surface area contributed by atoms with E-state index in [0.717, 1.165) is 12.1 Å². The van der Waals surface area contributed by atoms with Gasteiger partial charge in [-0.15, -0.1) is 0 Å². The summed E-state index contributed by atoms with van der Waals surface area (Å²) < 4.78 is 46.6. The van der Waals surface area contributed by atoms with Crippen molar-refractivity contribution in [3.05, 3.63) is 102 Å². The Kier molecular flexibility index (Phi) is 5.21. The lowest BCUT2D eigenvalue weighted by atomic mass is 10.1. The molecule has 0 unspecified atom stereocenters. The van der Waals surface area contributed by atoms with Crippen LogP contribution >= 0.6 is 0 Å². The van der Waals surface area contributed by atoms with E-state index in [-0.39, 0.29) is 28.7 Å². The van der Waals surface area contributed by atoms with Crippen molar-refractivity contribution in [2.24, 2.45) is 5.73 Å². The Balaban J connectivity index is 1.78. The Hall–Kier alpha value is -4.07. The third-order valence-electron chi connectivity index (χ3n) is 4.29. The van der Waals surface area contributed by atoms with Crippen molar-refractivity contribution in [1.82, 2.24) is 10.1 Å². The molecule has 5 nitrogen and oxygen atoms in total. The maximum absolute atomic E-state index is 14.2. The van der Waals surface area contributed by atoms with Crippen LogP contribution in [0.4, 0.5) is 18.9 Å². The molecular formula is C22H15F3N4O. The lowest BCUT2D eigenvalue weighted by molar-refractivity contribution is 0.407. The van der Waals surface area contributed by atoms with Crippen molar-refractivity contribution in [3.8, 4) is 11.4 Å². The molecule has 3 N–H and O–H groups in total. The number of benzene rings is 3. The summed E-state index contributed by atoms with van der Waals surface area (Å²) in [5, 5.41) is 6.69. The number of nitrogens with two attached hydrogens (primary N) is 1. The zero-order chi connectivity index (χ0) is 21.1. The molecule has 0 spiro atoms. The molecule has 8 heteroatoms. The minimum Gasteiger partial charge on any atom is -0.393 e. The van der Waals surface area contributed by atoms with E-state index >= 15 is 0 Å². The molecule has 1 heterocycles. The molecule has 30 heavy (non-hydrogen) atoms. The van der Waals surface area contributed by atoms with E-state index in [9.17, 15) is 13.2 Å². The second-order valence-corrected chi connectivity index (χ2v) is 6.31. The van der Waals surface area contributed by atoms with Crippen molar-refractivity contribution < 1.29 is 17.7 Å². The van der Waals surface area contributed by atoms with Crippen LogP contribution in [-0.4, -0.2) is 10.1 Å². The Morgan fingerprint density at radius 1 is 0.867 bits per heavy atom. The van der Waals surface area contributed by atoms with Gasteiger partial charge in [0.05, 0.1) is 16.9 Å². The van der Waals surface area contributed by atoms with Crippen LogP contribution in [0.1, 0.15) is 11.5 Å². The van der Waals surface area contributed by atoms with Crippen LogP contribution in [0.5, 0.6) is 0 Å². The number of rotatable bonds is 5. The van der Waals surface area contributed by atoms with Gasteiger partial charge in [0.2, 0.25) is 5.82 Å². The van der Waals surface area contributed by atoms with Gasteiger partial charge in [0.15, 0.2) is 0 Å². The van der Waals surface area contributed by atoms with E-state index in [4.69, 9.17) is 10.3 Å². The second-order valence-electron chi connectivity index (χ2n) is 6.31. The van der Waals surface area contributed by atoms with E-state index in [0.29, 0.717) is 11.3 Å². The molecule has 0 radical (unpaired) electrons. The molecule has 1 aromatic heterocycles. The van der Waals surface area contributed by atoms with Gasteiger partial charge in [-0.2, -0.15) is 4.98 Å². The molecule has 4 rings (SSSR count). The van der Waals surface area contributed by atoms with Gasteiger partial charge in [-0.05, 0) is 24.3 Å². The fourth-order valence-electron chi connectivity index (χ4n) is 2.82. The summed E-state index contributed by atoms with van der Waals surface area (Å²) in [7, 11) is 0. The zero-order valence-electron chi connectivity index (χ0n) is 15.4. The predicted octanol–water partition coefficient (Wildman–Crippen LogP) is 5.05. The van der Waals surface area contributed by atoms with Crippen molar-refractivity contribution in [2.45, 2.75) is 0 Å². The number of hydrogen-bond donors (Lipinski definition) is 2. The molecule has 0 saturated carbocycles. The average Bonchev–Trinajstić information content (AvgIpc) is 3.23. The Morgan fingerprint density at radius 2 is 1.60 bits per heavy atom. The zero-order valence-corrected chi connectivity index (χ0v) is 15.4. The number of para-hydroxylation sites is 1. The summed E-state index contributed by atoms with van der Waals surface area (Å²) in [5.74, 6) is -2.23. The van der Waals surface area contributed by atoms with Gasteiger partial charge in [-0.1, -0.05) is 47.6 Å². The maximum Gasteiger partial charge on any atom is 0.276 e. The topological polar surface area (TPSA) is 77.0 Å². The van der Waals surface area contributed by atoms with E-state index < -0.39 is 17.5 Å². The summed E-state index contributed by atoms with van der Waals surface area (Å²) in [6, 6.07) is 18.1. The molecule has 0 aliphatic rings. The van der Waals surface area contributed by atoms with Crippen molar-refractivity contribution >= 4 is 17.1 Å². The Labute approximate surface area is 169 Å². The monoisotopic (exact) mass is 408 g/mol. The summed E-state index contributed by atoms with van der Waals surface area (Å²) in [5.41, 5.74) is 7.43. The summed E-state index contributed by atoms with van der Waals surface area (Å²) in [6.07, 6.45) is 0. The van der Waals surface area contributed by atoms with E-state index in [2.05, 4.69) is 15.5 Å². The first-order valence-corrected chi connectivity index (χ1v) is 8.89. The van der Waals surface area contributed by atoms with Crippen molar-refractivity contribution in [1.29, 1.82) is 0 Å². The van der Waals surface area contributed by atoms with Crippen LogP contribution in [0.15, 0.2) is 77.3 Å². The van der Waals surface area contributed by atoms with Crippen LogP contribution in [-0.2, 0) is 0 Å². The second kappa shape index (κ2) is 8.12. The molecule has 0 aliphatic heterocycles. The molecule has 150 valence electrons. The van der Waals surface area contributed by atoms with Crippen LogP contribution in [0.2, 0.25) is 0 Å². The SMILES string of the molecule is N/C(=C(\Nc1ccccc1F)c1ccccc1)c1nc(-c2ccc(F)cc2F)no1. The van der Waals surface area contributed by atoms with Gasteiger partial charge in [-0.25, -0.2) is 13.2 Å². The number of halogens is 3. The van der Waals surface area contributed by atoms with Crippen molar-refractivity contribution in [2.75, 3.05) is 5.32 Å². The van der Waals surface area contributed by atoms with E-state index in [1.165, 1.54) is 12.1 Å². The third kappa shape index (κ3) is 3.88. The van der Waals surface area contributed by atoms with Crippen LogP contribution < -0.4 is 11.1 Å². The minimum atomic E-state index is -0.835. The first-order chi connectivity index (χ1) is 14.5. The standard InChI is InChI=1S/C22H15F3N4O/c23-14-10-11-15(17(25)12-14)21-28-22(30-29-21)19(26)20(13-6-2-1-3-7-13)27-18-9-5-4-8-16(18)24/h1-12,27H,26H2/b20-19-. The Morgan fingerprint density at radius 3 is 2.33 bits per heavy atom. The van der Waals surface area contributed by atoms with Crippen LogP contribution in [0.25, 0.3) is 22.8 Å². The average molecular weight is 408 g/mol. The maximum atomic E-state index is 14.2. The highest BCUT2D eigenvalue weighted by Gasteiger charge is 2.19. The number of aromatic nitrogens is 2. The number of anilines is 1. The van der Waals surface area contributed by atoms with Gasteiger partial charge >= 0.3 is 0 Å². The number of hydrogen-bond acceptors (Lipinski definition) is 5. The van der Waals surface area contributed by atoms with E-state index in [1.54, 1.807) is 42.5 Å². The molecule has 0 amide bonds. The van der Waals surface area contributed by atoms with Crippen LogP contribution in [0, 0.1) is 17.5 Å². The van der Waals surface area contributed by atoms with Gasteiger partial charge in [-0.3, -0.25) is 0 Å². The smallest absolute Gasteiger partial charge is 0.276 e. The highest BCUT2D eigenvalue weighted by atomic mass is 19.1. The summed E-state index contributed by atoms with van der Waals surface area (Å²) >= 11 is 0. The summed E-state index contributed by atoms with van der Waals surface area (Å²) in [4.78, 5) is 4.12. The molecule has 0 saturated heterocycles. The predicted molar refractivity (Wildman–Crippen MR) is 107 cm³/mol. The van der Waals surface area contributed by atoms with E-state index in [1.807, 2.05) is 6.07 Å². The third-order valence-corrected chi connectivity index (χ3v) is 4.29. The lowest BCUT2D eigenvalue weighted by Crippen LogP contribution is -2.09. The fourth-order valence-corrected chi connectivity index (χ4v) is 2.82.